The van der Waals surface area contributed by atoms with Gasteiger partial charge in [0, 0.05) is 18.8 Å². The van der Waals surface area contributed by atoms with E-state index in [0.717, 1.165) is 19.4 Å². The normalized spacial score (nSPS) is 20.4. The molecule has 2 atom stereocenters. The van der Waals surface area contributed by atoms with Crippen LogP contribution in [0.1, 0.15) is 43.6 Å². The van der Waals surface area contributed by atoms with Crippen LogP contribution in [0.15, 0.2) is 6.07 Å². The number of ether oxygens (including phenoxy) is 1. The van der Waals surface area contributed by atoms with E-state index < -0.39 is 12.5 Å². The van der Waals surface area contributed by atoms with Gasteiger partial charge in [0.15, 0.2) is 0 Å². The number of hydrogen-bond acceptors (Lipinski definition) is 3. The quantitative estimate of drug-likeness (QED) is 0.901. The maximum atomic E-state index is 12.6. The lowest BCUT2D eigenvalue weighted by atomic mass is 10.2. The second kappa shape index (κ2) is 6.30. The summed E-state index contributed by atoms with van der Waals surface area (Å²) in [6.07, 6.45) is -0.629. The van der Waals surface area contributed by atoms with Crippen molar-refractivity contribution in [3.05, 3.63) is 17.5 Å². The van der Waals surface area contributed by atoms with Crippen LogP contribution in [0.25, 0.3) is 0 Å². The Labute approximate surface area is 116 Å². The molecule has 2 heterocycles. The molecule has 1 aliphatic rings. The molecule has 5 nitrogen and oxygen atoms in total. The van der Waals surface area contributed by atoms with Gasteiger partial charge in [-0.15, -0.1) is 0 Å². The summed E-state index contributed by atoms with van der Waals surface area (Å²) in [7, 11) is 0. The molecule has 0 bridgehead atoms. The minimum absolute atomic E-state index is 0.0569. The van der Waals surface area contributed by atoms with Crippen LogP contribution in [-0.4, -0.2) is 34.9 Å². The van der Waals surface area contributed by atoms with E-state index >= 15 is 0 Å². The van der Waals surface area contributed by atoms with Crippen molar-refractivity contribution in [1.82, 2.24) is 15.1 Å². The van der Waals surface area contributed by atoms with Crippen LogP contribution in [0, 0.1) is 6.92 Å². The molecular weight excluding hydrogens is 268 g/mol. The van der Waals surface area contributed by atoms with E-state index in [1.807, 2.05) is 0 Å². The molecule has 2 unspecified atom stereocenters. The summed E-state index contributed by atoms with van der Waals surface area (Å²) < 4.78 is 31.9. The third kappa shape index (κ3) is 3.33. The Balaban J connectivity index is 1.95. The van der Waals surface area contributed by atoms with Crippen molar-refractivity contribution < 1.29 is 18.3 Å². The van der Waals surface area contributed by atoms with Crippen molar-refractivity contribution in [2.45, 2.75) is 45.3 Å². The van der Waals surface area contributed by atoms with Gasteiger partial charge in [-0.1, -0.05) is 0 Å². The van der Waals surface area contributed by atoms with Gasteiger partial charge in [-0.25, -0.2) is 8.78 Å². The Bertz CT molecular complexity index is 470. The lowest BCUT2D eigenvalue weighted by Gasteiger charge is -2.16. The van der Waals surface area contributed by atoms with Crippen molar-refractivity contribution in [1.29, 1.82) is 0 Å². The molecule has 0 aliphatic carbocycles. The van der Waals surface area contributed by atoms with Gasteiger partial charge in [0.1, 0.15) is 11.7 Å². The monoisotopic (exact) mass is 287 g/mol. The number of amides is 1. The largest absolute Gasteiger partial charge is 0.376 e. The average Bonchev–Trinajstić information content (AvgIpc) is 3.04. The second-order valence-electron chi connectivity index (χ2n) is 5.01. The van der Waals surface area contributed by atoms with E-state index in [0.29, 0.717) is 12.2 Å². The van der Waals surface area contributed by atoms with Crippen LogP contribution >= 0.6 is 0 Å². The molecule has 2 rings (SSSR count). The maximum absolute atomic E-state index is 12.6. The number of aromatic nitrogens is 2. The Hall–Kier alpha value is -1.50. The molecule has 112 valence electrons. The van der Waals surface area contributed by atoms with E-state index in [1.165, 1.54) is 10.7 Å². The number of carbonyl (C=O) groups is 1. The van der Waals surface area contributed by atoms with Crippen molar-refractivity contribution in [2.75, 3.05) is 13.2 Å². The molecule has 7 heteroatoms. The first kappa shape index (κ1) is 14.9. The van der Waals surface area contributed by atoms with Gasteiger partial charge in [0.25, 0.3) is 6.43 Å². The first-order valence-corrected chi connectivity index (χ1v) is 6.72. The summed E-state index contributed by atoms with van der Waals surface area (Å²) in [4.78, 5) is 12.0. The first-order valence-electron chi connectivity index (χ1n) is 6.72. The highest BCUT2D eigenvalue weighted by atomic mass is 19.3. The molecule has 0 saturated carbocycles. The highest BCUT2D eigenvalue weighted by molar-refractivity contribution is 5.79. The van der Waals surface area contributed by atoms with Crippen LogP contribution in [0.2, 0.25) is 0 Å². The number of nitrogens with zero attached hydrogens (tertiary/aromatic N) is 2. The summed E-state index contributed by atoms with van der Waals surface area (Å²) in [5.74, 6) is -0.243. The van der Waals surface area contributed by atoms with Crippen LogP contribution in [0.5, 0.6) is 0 Å². The topological polar surface area (TPSA) is 56.2 Å². The molecule has 0 spiro atoms. The van der Waals surface area contributed by atoms with E-state index in [4.69, 9.17) is 4.74 Å². The Morgan fingerprint density at radius 3 is 2.95 bits per heavy atom. The smallest absolute Gasteiger partial charge is 0.282 e. The molecule has 1 aromatic heterocycles. The Morgan fingerprint density at radius 2 is 2.40 bits per heavy atom. The molecule has 1 aromatic rings. The van der Waals surface area contributed by atoms with Crippen LogP contribution in [-0.2, 0) is 9.53 Å². The number of nitrogens with one attached hydrogen (secondary N) is 1. The Morgan fingerprint density at radius 1 is 1.65 bits per heavy atom. The number of hydrogen-bond donors (Lipinski definition) is 1. The zero-order valence-corrected chi connectivity index (χ0v) is 11.6. The number of alkyl halides is 2. The summed E-state index contributed by atoms with van der Waals surface area (Å²) in [6.45, 7) is 4.47. The van der Waals surface area contributed by atoms with E-state index in [9.17, 15) is 13.6 Å². The minimum atomic E-state index is -2.63. The molecule has 1 N–H and O–H groups in total. The predicted octanol–water partition coefficient (Wildman–Crippen LogP) is 1.99. The number of carbonyl (C=O) groups excluding carboxylic acids is 1. The standard InChI is InChI=1S/C13H19F2N3O2/c1-8-6-11(12(14)15)17-18(8)9(2)13(19)16-7-10-4-3-5-20-10/h6,9-10,12H,3-5,7H2,1-2H3,(H,16,19). The third-order valence-electron chi connectivity index (χ3n) is 3.44. The number of aryl methyl sites for hydroxylation is 1. The van der Waals surface area contributed by atoms with Crippen molar-refractivity contribution in [2.24, 2.45) is 0 Å². The predicted molar refractivity (Wildman–Crippen MR) is 68.6 cm³/mol. The Kier molecular flexibility index (Phi) is 4.69. The summed E-state index contributed by atoms with van der Waals surface area (Å²) in [6, 6.07) is 0.679. The molecule has 1 amide bonds. The molecule has 1 fully saturated rings. The first-order chi connectivity index (χ1) is 9.49. The van der Waals surface area contributed by atoms with Gasteiger partial charge in [-0.3, -0.25) is 9.48 Å². The highest BCUT2D eigenvalue weighted by Crippen LogP contribution is 2.20. The summed E-state index contributed by atoms with van der Waals surface area (Å²) >= 11 is 0. The zero-order chi connectivity index (χ0) is 14.7. The average molecular weight is 287 g/mol. The lowest BCUT2D eigenvalue weighted by Crippen LogP contribution is -2.36. The summed E-state index contributed by atoms with van der Waals surface area (Å²) in [5.41, 5.74) is 0.237. The van der Waals surface area contributed by atoms with Gasteiger partial charge in [0.05, 0.1) is 6.10 Å². The fourth-order valence-electron chi connectivity index (χ4n) is 2.29. The molecule has 20 heavy (non-hydrogen) atoms. The van der Waals surface area contributed by atoms with Gasteiger partial charge in [0.2, 0.25) is 5.91 Å². The highest BCUT2D eigenvalue weighted by Gasteiger charge is 2.22. The van der Waals surface area contributed by atoms with Crippen LogP contribution in [0.3, 0.4) is 0 Å². The molecule has 0 radical (unpaired) electrons. The van der Waals surface area contributed by atoms with Crippen LogP contribution < -0.4 is 5.32 Å². The van der Waals surface area contributed by atoms with Crippen molar-refractivity contribution >= 4 is 5.91 Å². The van der Waals surface area contributed by atoms with E-state index in [-0.39, 0.29) is 17.7 Å². The zero-order valence-electron chi connectivity index (χ0n) is 11.6. The molecule has 1 saturated heterocycles. The second-order valence-corrected chi connectivity index (χ2v) is 5.01. The van der Waals surface area contributed by atoms with Gasteiger partial charge in [-0.2, -0.15) is 5.10 Å². The third-order valence-corrected chi connectivity index (χ3v) is 3.44. The maximum Gasteiger partial charge on any atom is 0.282 e. The molecule has 0 aromatic carbocycles. The fourth-order valence-corrected chi connectivity index (χ4v) is 2.29. The van der Waals surface area contributed by atoms with E-state index in [1.54, 1.807) is 13.8 Å². The van der Waals surface area contributed by atoms with Gasteiger partial charge in [-0.05, 0) is 32.8 Å². The van der Waals surface area contributed by atoms with Crippen molar-refractivity contribution in [3.8, 4) is 0 Å². The molecule has 1 aliphatic heterocycles. The van der Waals surface area contributed by atoms with Gasteiger partial charge >= 0.3 is 0 Å². The fraction of sp³-hybridized carbons (Fsp3) is 0.692. The summed E-state index contributed by atoms with van der Waals surface area (Å²) in [5, 5.41) is 6.56. The SMILES string of the molecule is Cc1cc(C(F)F)nn1C(C)C(=O)NCC1CCCO1. The number of rotatable bonds is 5. The van der Waals surface area contributed by atoms with Gasteiger partial charge < -0.3 is 10.1 Å². The van der Waals surface area contributed by atoms with E-state index in [2.05, 4.69) is 10.4 Å². The van der Waals surface area contributed by atoms with Crippen molar-refractivity contribution in [3.63, 3.8) is 0 Å². The number of halogens is 2. The minimum Gasteiger partial charge on any atom is -0.376 e. The lowest BCUT2D eigenvalue weighted by molar-refractivity contribution is -0.124. The van der Waals surface area contributed by atoms with Crippen LogP contribution in [0.4, 0.5) is 8.78 Å². The molecular formula is C13H19F2N3O2.